The van der Waals surface area contributed by atoms with Crippen LogP contribution in [0.1, 0.15) is 28.8 Å². The van der Waals surface area contributed by atoms with E-state index in [2.05, 4.69) is 0 Å². The number of carbonyl (C=O) groups is 1. The first kappa shape index (κ1) is 18.3. The van der Waals surface area contributed by atoms with Crippen molar-refractivity contribution in [3.63, 3.8) is 0 Å². The van der Waals surface area contributed by atoms with Crippen LogP contribution in [-0.4, -0.2) is 44.3 Å². The zero-order valence-corrected chi connectivity index (χ0v) is 15.3. The van der Waals surface area contributed by atoms with Gasteiger partial charge in [-0.3, -0.25) is 4.79 Å². The predicted molar refractivity (Wildman–Crippen MR) is 99.7 cm³/mol. The molecule has 1 atom stereocenters. The van der Waals surface area contributed by atoms with Crippen LogP contribution >= 0.6 is 0 Å². The quantitative estimate of drug-likeness (QED) is 0.762. The van der Waals surface area contributed by atoms with Gasteiger partial charge in [0.15, 0.2) is 0 Å². The molecule has 2 aromatic carbocycles. The molecule has 5 heteroatoms. The van der Waals surface area contributed by atoms with E-state index in [9.17, 15) is 4.79 Å². The normalized spacial score (nSPS) is 16.3. The van der Waals surface area contributed by atoms with Gasteiger partial charge in [0, 0.05) is 25.8 Å². The van der Waals surface area contributed by atoms with Crippen molar-refractivity contribution in [3.05, 3.63) is 59.7 Å². The number of ether oxygens (including phenoxy) is 3. The molecule has 1 heterocycles. The van der Waals surface area contributed by atoms with E-state index in [4.69, 9.17) is 14.2 Å². The maximum Gasteiger partial charge on any atom is 0.253 e. The minimum atomic E-state index is -0.0218. The average molecular weight is 355 g/mol. The van der Waals surface area contributed by atoms with E-state index in [0.717, 1.165) is 36.5 Å². The number of benzene rings is 2. The summed E-state index contributed by atoms with van der Waals surface area (Å²) in [7, 11) is 3.44. The van der Waals surface area contributed by atoms with Crippen molar-refractivity contribution >= 4 is 5.91 Å². The van der Waals surface area contributed by atoms with E-state index < -0.39 is 0 Å². The Morgan fingerprint density at radius 2 is 1.81 bits per heavy atom. The number of carbonyl (C=O) groups excluding carboxylic acids is 1. The molecule has 0 radical (unpaired) electrons. The van der Waals surface area contributed by atoms with E-state index >= 15 is 0 Å². The molecule has 26 heavy (non-hydrogen) atoms. The van der Waals surface area contributed by atoms with Crippen LogP contribution in [0.4, 0.5) is 0 Å². The maximum atomic E-state index is 12.6. The summed E-state index contributed by atoms with van der Waals surface area (Å²) in [6, 6.07) is 15.0. The number of rotatable bonds is 7. The molecule has 0 spiro atoms. The third-order valence-electron chi connectivity index (χ3n) is 4.49. The molecule has 138 valence electrons. The standard InChI is InChI=1S/C21H25NO4/c1-22(14-16-5-9-18(24-2)10-6-16)21(23)17-7-11-19(12-8-17)26-15-20-4-3-13-25-20/h5-12,20H,3-4,13-15H2,1-2H3. The monoisotopic (exact) mass is 355 g/mol. The van der Waals surface area contributed by atoms with Crippen molar-refractivity contribution in [1.29, 1.82) is 0 Å². The van der Waals surface area contributed by atoms with Gasteiger partial charge in [-0.1, -0.05) is 12.1 Å². The van der Waals surface area contributed by atoms with Gasteiger partial charge in [0.05, 0.1) is 13.2 Å². The predicted octanol–water partition coefficient (Wildman–Crippen LogP) is 3.53. The Morgan fingerprint density at radius 3 is 2.42 bits per heavy atom. The first-order valence-electron chi connectivity index (χ1n) is 8.88. The minimum absolute atomic E-state index is 0.0218. The molecule has 0 saturated carbocycles. The molecule has 1 unspecified atom stereocenters. The molecule has 1 amide bonds. The Hall–Kier alpha value is -2.53. The van der Waals surface area contributed by atoms with Gasteiger partial charge < -0.3 is 19.1 Å². The van der Waals surface area contributed by atoms with Crippen molar-refractivity contribution in [3.8, 4) is 11.5 Å². The molecule has 3 rings (SSSR count). The molecular formula is C21H25NO4. The number of hydrogen-bond donors (Lipinski definition) is 0. The van der Waals surface area contributed by atoms with Crippen LogP contribution in [0.2, 0.25) is 0 Å². The van der Waals surface area contributed by atoms with Gasteiger partial charge in [-0.05, 0) is 54.8 Å². The van der Waals surface area contributed by atoms with Crippen LogP contribution in [0.15, 0.2) is 48.5 Å². The fraction of sp³-hybridized carbons (Fsp3) is 0.381. The Kier molecular flexibility index (Phi) is 6.12. The van der Waals surface area contributed by atoms with Crippen molar-refractivity contribution in [2.24, 2.45) is 0 Å². The second-order valence-corrected chi connectivity index (χ2v) is 6.48. The summed E-state index contributed by atoms with van der Waals surface area (Å²) in [5.74, 6) is 1.54. The van der Waals surface area contributed by atoms with Crippen LogP contribution < -0.4 is 9.47 Å². The van der Waals surface area contributed by atoms with E-state index in [0.29, 0.717) is 18.7 Å². The third kappa shape index (κ3) is 4.76. The molecule has 0 aliphatic carbocycles. The summed E-state index contributed by atoms with van der Waals surface area (Å²) < 4.78 is 16.4. The lowest BCUT2D eigenvalue weighted by Crippen LogP contribution is -2.26. The second-order valence-electron chi connectivity index (χ2n) is 6.48. The van der Waals surface area contributed by atoms with Crippen molar-refractivity contribution in [2.75, 3.05) is 27.4 Å². The molecule has 1 fully saturated rings. The van der Waals surface area contributed by atoms with Gasteiger partial charge in [-0.15, -0.1) is 0 Å². The Bertz CT molecular complexity index is 706. The molecule has 1 aliphatic heterocycles. The number of nitrogens with zero attached hydrogens (tertiary/aromatic N) is 1. The largest absolute Gasteiger partial charge is 0.497 e. The zero-order chi connectivity index (χ0) is 18.4. The summed E-state index contributed by atoms with van der Waals surface area (Å²) in [5.41, 5.74) is 1.70. The van der Waals surface area contributed by atoms with E-state index in [1.54, 1.807) is 31.2 Å². The molecule has 1 aliphatic rings. The van der Waals surface area contributed by atoms with Gasteiger partial charge in [-0.25, -0.2) is 0 Å². The van der Waals surface area contributed by atoms with E-state index in [1.807, 2.05) is 36.4 Å². The van der Waals surface area contributed by atoms with Gasteiger partial charge in [0.25, 0.3) is 5.91 Å². The van der Waals surface area contributed by atoms with Gasteiger partial charge >= 0.3 is 0 Å². The molecule has 5 nitrogen and oxygen atoms in total. The third-order valence-corrected chi connectivity index (χ3v) is 4.49. The number of hydrogen-bond acceptors (Lipinski definition) is 4. The topological polar surface area (TPSA) is 48.0 Å². The van der Waals surface area contributed by atoms with Crippen molar-refractivity contribution in [2.45, 2.75) is 25.5 Å². The molecule has 0 aromatic heterocycles. The van der Waals surface area contributed by atoms with Gasteiger partial charge in [0.1, 0.15) is 18.1 Å². The Morgan fingerprint density at radius 1 is 1.12 bits per heavy atom. The first-order valence-corrected chi connectivity index (χ1v) is 8.88. The van der Waals surface area contributed by atoms with Crippen LogP contribution in [-0.2, 0) is 11.3 Å². The highest BCUT2D eigenvalue weighted by Gasteiger charge is 2.16. The molecular weight excluding hydrogens is 330 g/mol. The summed E-state index contributed by atoms with van der Waals surface area (Å²) >= 11 is 0. The fourth-order valence-corrected chi connectivity index (χ4v) is 2.96. The Labute approximate surface area is 154 Å². The fourth-order valence-electron chi connectivity index (χ4n) is 2.96. The summed E-state index contributed by atoms with van der Waals surface area (Å²) in [4.78, 5) is 14.3. The molecule has 0 bridgehead atoms. The summed E-state index contributed by atoms with van der Waals surface area (Å²) in [6.07, 6.45) is 2.33. The highest BCUT2D eigenvalue weighted by molar-refractivity contribution is 5.94. The second kappa shape index (κ2) is 8.72. The van der Waals surface area contributed by atoms with Crippen LogP contribution in [0.5, 0.6) is 11.5 Å². The molecule has 1 saturated heterocycles. The lowest BCUT2D eigenvalue weighted by molar-refractivity contribution is 0.0679. The molecule has 0 N–H and O–H groups in total. The van der Waals surface area contributed by atoms with E-state index in [1.165, 1.54) is 0 Å². The lowest BCUT2D eigenvalue weighted by atomic mass is 10.1. The summed E-state index contributed by atoms with van der Waals surface area (Å²) in [5, 5.41) is 0. The Balaban J connectivity index is 1.54. The van der Waals surface area contributed by atoms with Gasteiger partial charge in [0.2, 0.25) is 0 Å². The maximum absolute atomic E-state index is 12.6. The highest BCUT2D eigenvalue weighted by Crippen LogP contribution is 2.18. The zero-order valence-electron chi connectivity index (χ0n) is 15.3. The van der Waals surface area contributed by atoms with Crippen LogP contribution in [0, 0.1) is 0 Å². The van der Waals surface area contributed by atoms with Gasteiger partial charge in [-0.2, -0.15) is 0 Å². The number of amides is 1. The highest BCUT2D eigenvalue weighted by atomic mass is 16.5. The van der Waals surface area contributed by atoms with E-state index in [-0.39, 0.29) is 12.0 Å². The molecule has 2 aromatic rings. The summed E-state index contributed by atoms with van der Waals surface area (Å²) in [6.45, 7) is 1.92. The minimum Gasteiger partial charge on any atom is -0.497 e. The smallest absolute Gasteiger partial charge is 0.253 e. The van der Waals surface area contributed by atoms with Crippen LogP contribution in [0.3, 0.4) is 0 Å². The van der Waals surface area contributed by atoms with Crippen LogP contribution in [0.25, 0.3) is 0 Å². The van der Waals surface area contributed by atoms with Crippen molar-refractivity contribution in [1.82, 2.24) is 4.90 Å². The number of methoxy groups -OCH3 is 1. The average Bonchev–Trinajstić information content (AvgIpc) is 3.20. The lowest BCUT2D eigenvalue weighted by Gasteiger charge is -2.18. The first-order chi connectivity index (χ1) is 12.7. The van der Waals surface area contributed by atoms with Crippen molar-refractivity contribution < 1.29 is 19.0 Å². The SMILES string of the molecule is COc1ccc(CN(C)C(=O)c2ccc(OCC3CCCO3)cc2)cc1.